The third kappa shape index (κ3) is 3.40. The van der Waals surface area contributed by atoms with Crippen molar-refractivity contribution in [3.05, 3.63) is 46.6 Å². The zero-order valence-electron chi connectivity index (χ0n) is 11.7. The maximum Gasteiger partial charge on any atom is 0.250 e. The Labute approximate surface area is 141 Å². The summed E-state index contributed by atoms with van der Waals surface area (Å²) in [5, 5.41) is 0. The lowest BCUT2D eigenvalue weighted by Crippen LogP contribution is -2.41. The molecule has 0 saturated carbocycles. The van der Waals surface area contributed by atoms with Gasteiger partial charge in [0, 0.05) is 12.2 Å². The SMILES string of the molecule is O=C1[C@@H](NS(=O)(=O)c2ccc(Cl)s2)CCN1c1ccc(F)cc1. The molecule has 2 aromatic rings. The van der Waals surface area contributed by atoms with Crippen molar-refractivity contribution in [3.63, 3.8) is 0 Å². The van der Waals surface area contributed by atoms with Crippen LogP contribution in [0.1, 0.15) is 6.42 Å². The van der Waals surface area contributed by atoms with Gasteiger partial charge in [0.05, 0.1) is 4.34 Å². The summed E-state index contributed by atoms with van der Waals surface area (Å²) in [7, 11) is -3.79. The van der Waals surface area contributed by atoms with E-state index in [2.05, 4.69) is 4.72 Å². The molecule has 0 unspecified atom stereocenters. The lowest BCUT2D eigenvalue weighted by molar-refractivity contribution is -0.118. The highest BCUT2D eigenvalue weighted by molar-refractivity contribution is 7.91. The number of hydrogen-bond acceptors (Lipinski definition) is 4. The molecule has 1 amide bonds. The van der Waals surface area contributed by atoms with Crippen molar-refractivity contribution >= 4 is 44.6 Å². The average molecular weight is 375 g/mol. The molecule has 0 radical (unpaired) electrons. The van der Waals surface area contributed by atoms with Crippen LogP contribution >= 0.6 is 22.9 Å². The molecule has 1 N–H and O–H groups in total. The molecule has 1 fully saturated rings. The van der Waals surface area contributed by atoms with Crippen LogP contribution in [0, 0.1) is 5.82 Å². The van der Waals surface area contributed by atoms with E-state index in [-0.39, 0.29) is 10.1 Å². The van der Waals surface area contributed by atoms with Gasteiger partial charge in [0.2, 0.25) is 5.91 Å². The summed E-state index contributed by atoms with van der Waals surface area (Å²) in [5.41, 5.74) is 0.539. The zero-order valence-corrected chi connectivity index (χ0v) is 14.1. The van der Waals surface area contributed by atoms with E-state index in [1.165, 1.54) is 41.3 Å². The van der Waals surface area contributed by atoms with Crippen LogP contribution in [-0.2, 0) is 14.8 Å². The highest BCUT2D eigenvalue weighted by Gasteiger charge is 2.36. The third-order valence-corrected chi connectivity index (χ3v) is 6.65. The van der Waals surface area contributed by atoms with Gasteiger partial charge in [-0.15, -0.1) is 11.3 Å². The number of rotatable bonds is 4. The summed E-state index contributed by atoms with van der Waals surface area (Å²) in [6, 6.07) is 7.54. The molecule has 0 aliphatic carbocycles. The summed E-state index contributed by atoms with van der Waals surface area (Å²) in [4.78, 5) is 13.8. The van der Waals surface area contributed by atoms with Crippen LogP contribution < -0.4 is 9.62 Å². The molecule has 2 heterocycles. The molecule has 5 nitrogen and oxygen atoms in total. The second kappa shape index (κ2) is 6.20. The van der Waals surface area contributed by atoms with Crippen LogP contribution in [0.3, 0.4) is 0 Å². The van der Waals surface area contributed by atoms with E-state index >= 15 is 0 Å². The molecule has 1 atom stereocenters. The Morgan fingerprint density at radius 3 is 2.52 bits per heavy atom. The van der Waals surface area contributed by atoms with E-state index in [0.717, 1.165) is 11.3 Å². The van der Waals surface area contributed by atoms with E-state index in [4.69, 9.17) is 11.6 Å². The van der Waals surface area contributed by atoms with Gasteiger partial charge in [-0.25, -0.2) is 12.8 Å². The van der Waals surface area contributed by atoms with E-state index in [9.17, 15) is 17.6 Å². The Kier molecular flexibility index (Phi) is 4.41. The number of thiophene rings is 1. The fourth-order valence-corrected chi connectivity index (χ4v) is 5.08. The molecular formula is C14H12ClFN2O3S2. The van der Waals surface area contributed by atoms with Crippen LogP contribution in [0.2, 0.25) is 4.34 Å². The molecular weight excluding hydrogens is 363 g/mol. The molecule has 23 heavy (non-hydrogen) atoms. The van der Waals surface area contributed by atoms with E-state index in [0.29, 0.717) is 23.0 Å². The number of sulfonamides is 1. The van der Waals surface area contributed by atoms with E-state index < -0.39 is 21.9 Å². The highest BCUT2D eigenvalue weighted by atomic mass is 35.5. The minimum absolute atomic E-state index is 0.0653. The fraction of sp³-hybridized carbons (Fsp3) is 0.214. The topological polar surface area (TPSA) is 66.5 Å². The molecule has 0 spiro atoms. The monoisotopic (exact) mass is 374 g/mol. The van der Waals surface area contributed by atoms with Crippen LogP contribution in [0.5, 0.6) is 0 Å². The summed E-state index contributed by atoms with van der Waals surface area (Å²) in [5.74, 6) is -0.755. The molecule has 0 bridgehead atoms. The van der Waals surface area contributed by atoms with Gasteiger partial charge in [-0.3, -0.25) is 4.79 Å². The summed E-state index contributed by atoms with van der Waals surface area (Å²) in [6.07, 6.45) is 0.342. The predicted molar refractivity (Wildman–Crippen MR) is 86.8 cm³/mol. The summed E-state index contributed by atoms with van der Waals surface area (Å²) in [6.45, 7) is 0.364. The molecule has 9 heteroatoms. The number of nitrogens with one attached hydrogen (secondary N) is 1. The first kappa shape index (κ1) is 16.4. The van der Waals surface area contributed by atoms with Crippen molar-refractivity contribution < 1.29 is 17.6 Å². The van der Waals surface area contributed by atoms with Gasteiger partial charge >= 0.3 is 0 Å². The third-order valence-electron chi connectivity index (χ3n) is 3.45. The van der Waals surface area contributed by atoms with Crippen molar-refractivity contribution in [2.24, 2.45) is 0 Å². The lowest BCUT2D eigenvalue weighted by Gasteiger charge is -2.17. The van der Waals surface area contributed by atoms with Crippen LogP contribution in [0.15, 0.2) is 40.6 Å². The summed E-state index contributed by atoms with van der Waals surface area (Å²) < 4.78 is 40.3. The number of carbonyl (C=O) groups excluding carboxylic acids is 1. The second-order valence-corrected chi connectivity index (χ2v) is 8.64. The Hall–Kier alpha value is -1.48. The zero-order chi connectivity index (χ0) is 16.6. The Bertz CT molecular complexity index is 836. The fourth-order valence-electron chi connectivity index (χ4n) is 2.35. The van der Waals surface area contributed by atoms with Crippen molar-refractivity contribution in [2.75, 3.05) is 11.4 Å². The van der Waals surface area contributed by atoms with Crippen LogP contribution in [0.25, 0.3) is 0 Å². The maximum atomic E-state index is 13.0. The Balaban J connectivity index is 1.76. The molecule has 1 saturated heterocycles. The molecule has 1 aliphatic rings. The number of halogens is 2. The Morgan fingerprint density at radius 1 is 1.22 bits per heavy atom. The Morgan fingerprint density at radius 2 is 1.91 bits per heavy atom. The molecule has 1 aliphatic heterocycles. The van der Waals surface area contributed by atoms with Gasteiger partial charge in [-0.2, -0.15) is 4.72 Å². The largest absolute Gasteiger partial charge is 0.311 e. The quantitative estimate of drug-likeness (QED) is 0.894. The number of hydrogen-bond donors (Lipinski definition) is 1. The maximum absolute atomic E-state index is 13.0. The predicted octanol–water partition coefficient (Wildman–Crippen LogP) is 2.62. The summed E-state index contributed by atoms with van der Waals surface area (Å²) >= 11 is 6.67. The van der Waals surface area contributed by atoms with Crippen LogP contribution in [0.4, 0.5) is 10.1 Å². The van der Waals surface area contributed by atoms with Crippen molar-refractivity contribution in [1.29, 1.82) is 0 Å². The van der Waals surface area contributed by atoms with Crippen LogP contribution in [-0.4, -0.2) is 26.9 Å². The van der Waals surface area contributed by atoms with Gasteiger partial charge < -0.3 is 4.90 Å². The molecule has 1 aromatic heterocycles. The van der Waals surface area contributed by atoms with Gasteiger partial charge in [0.15, 0.2) is 0 Å². The number of carbonyl (C=O) groups is 1. The first-order valence-electron chi connectivity index (χ1n) is 6.71. The smallest absolute Gasteiger partial charge is 0.250 e. The average Bonchev–Trinajstić information content (AvgIpc) is 3.08. The first-order valence-corrected chi connectivity index (χ1v) is 9.39. The van der Waals surface area contributed by atoms with Gasteiger partial charge in [0.25, 0.3) is 10.0 Å². The molecule has 122 valence electrons. The number of benzene rings is 1. The lowest BCUT2D eigenvalue weighted by atomic mass is 10.3. The number of amides is 1. The van der Waals surface area contributed by atoms with E-state index in [1.807, 2.05) is 0 Å². The molecule has 1 aromatic carbocycles. The number of nitrogens with zero attached hydrogens (tertiary/aromatic N) is 1. The highest BCUT2D eigenvalue weighted by Crippen LogP contribution is 2.27. The van der Waals surface area contributed by atoms with Crippen molar-refractivity contribution in [3.8, 4) is 0 Å². The number of anilines is 1. The minimum atomic E-state index is -3.79. The van der Waals surface area contributed by atoms with Gasteiger partial charge in [0.1, 0.15) is 16.1 Å². The van der Waals surface area contributed by atoms with Crippen molar-refractivity contribution in [1.82, 2.24) is 4.72 Å². The standard InChI is InChI=1S/C14H12ClFN2O3S2/c15-12-5-6-13(22-12)23(20,21)17-11-7-8-18(14(11)19)10-3-1-9(16)2-4-10/h1-6,11,17H,7-8H2/t11-/m0/s1. The second-order valence-electron chi connectivity index (χ2n) is 4.99. The minimum Gasteiger partial charge on any atom is -0.311 e. The van der Waals surface area contributed by atoms with E-state index in [1.54, 1.807) is 0 Å². The van der Waals surface area contributed by atoms with Gasteiger partial charge in [-0.1, -0.05) is 11.6 Å². The normalized spacial score (nSPS) is 18.6. The van der Waals surface area contributed by atoms with Gasteiger partial charge in [-0.05, 0) is 42.8 Å². The first-order chi connectivity index (χ1) is 10.9. The molecule has 3 rings (SSSR count). The van der Waals surface area contributed by atoms with Crippen molar-refractivity contribution in [2.45, 2.75) is 16.7 Å².